The number of hydrogen-bond donors (Lipinski definition) is 8. The monoisotopic (exact) mass is 1120 g/mol. The molecule has 412 valence electrons. The molecule has 5 aromatic rings. The maximum absolute atomic E-state index is 16.2. The smallest absolute Gasteiger partial charge is 0.407 e. The topological polar surface area (TPSA) is 458 Å². The van der Waals surface area contributed by atoms with Gasteiger partial charge in [-0.1, -0.05) is 31.1 Å². The van der Waals surface area contributed by atoms with Crippen molar-refractivity contribution in [1.82, 2.24) is 60.3 Å². The number of alkyl carbamates (subject to hydrolysis) is 1. The summed E-state index contributed by atoms with van der Waals surface area (Å²) >= 11 is 0. The van der Waals surface area contributed by atoms with E-state index in [1.165, 1.54) is 33.9 Å². The predicted octanol–water partition coefficient (Wildman–Crippen LogP) is 1.18. The van der Waals surface area contributed by atoms with Crippen molar-refractivity contribution >= 4 is 86.0 Å². The maximum atomic E-state index is 16.2. The average molecular weight is 1120 g/mol. The normalized spacial score (nSPS) is 25.2. The molecule has 11 N–H and O–H groups in total. The highest BCUT2D eigenvalue weighted by Gasteiger charge is 2.53. The lowest BCUT2D eigenvalue weighted by molar-refractivity contribution is -0.131. The number of halogens is 1. The van der Waals surface area contributed by atoms with E-state index in [9.17, 15) is 33.1 Å². The number of nitrogen functional groups attached to an aromatic ring is 2. The number of carbonyl (C=O) groups excluding carboxylic acids is 5. The largest absolute Gasteiger partial charge is 0.438 e. The summed E-state index contributed by atoms with van der Waals surface area (Å²) < 4.78 is 86.9. The van der Waals surface area contributed by atoms with Crippen LogP contribution in [0.4, 0.5) is 31.3 Å². The van der Waals surface area contributed by atoms with Gasteiger partial charge in [0.1, 0.15) is 66.7 Å². The standard InChI is InChI=1S/C41H52FN19O14P2/c1-18(2)26(58-24(62)11-55-59-46)37(64)57-21(4-3-9-47-40(45)65)36(63)56-20-7-5-19(6-8-20)10-48-41(66)73-31-30-23(72-39(31)61-17-54-28-33(44)50-15-52-35(28)61)13-70-76(67)74-29-22(12-69-77(68)75-30)71-38(25(29)42)60-16-53-27-32(43)49-14-51-34(27)60/h5-8,14-18,21-23,25-26,29-31,38-39,76-77H,3-4,9-13H2,1-2H3,(H,48,66)(H,56,63)(H,57,64)(H,58,62)(H2,43,49,51)(H2,44,50,52)(H3,45,47,65)/t21-,22?,23+,25+,26-,29+,30+,31+,38+,39+/m0/s1. The van der Waals surface area contributed by atoms with Crippen molar-refractivity contribution in [2.75, 3.05) is 43.1 Å². The number of fused-ring (bicyclic) bond motifs is 4. The number of alkyl halides is 1. The number of benzene rings is 1. The van der Waals surface area contributed by atoms with Gasteiger partial charge in [-0.25, -0.2) is 43.9 Å². The van der Waals surface area contributed by atoms with Crippen molar-refractivity contribution in [3.8, 4) is 0 Å². The maximum Gasteiger partial charge on any atom is 0.407 e. The quantitative estimate of drug-likeness (QED) is 0.0213. The SMILES string of the molecule is CC(C)[C@H](NC(=O)CN=[N+]=[N-])C(=O)N[C@@H](CCCNC(N)=O)C(=O)Nc1ccc(CNC(=O)O[C@@H]2[C@@H]3O[PH](=O)OCC4O[C@@H](n5cnc6c(N)ncnc65)[C@H](F)[C@@H]4O[PH](=O)OC[C@H]3O[C@H]2n2cnc3c(N)ncnc32)cc1. The van der Waals surface area contributed by atoms with Crippen LogP contribution in [0, 0.1) is 5.92 Å². The average Bonchev–Trinajstić information content (AvgIpc) is 4.19. The summed E-state index contributed by atoms with van der Waals surface area (Å²) in [6, 6.07) is 3.14. The van der Waals surface area contributed by atoms with Crippen LogP contribution in [0.3, 0.4) is 0 Å². The molecule has 0 bridgehead atoms. The number of amides is 6. The van der Waals surface area contributed by atoms with Crippen molar-refractivity contribution in [2.45, 2.75) is 94.5 Å². The lowest BCUT2D eigenvalue weighted by Crippen LogP contribution is -2.55. The molecule has 36 heteroatoms. The van der Waals surface area contributed by atoms with Gasteiger partial charge in [0, 0.05) is 23.7 Å². The van der Waals surface area contributed by atoms with Crippen molar-refractivity contribution in [3.63, 3.8) is 0 Å². The van der Waals surface area contributed by atoms with Crippen molar-refractivity contribution in [3.05, 3.63) is 65.6 Å². The first-order valence-electron chi connectivity index (χ1n) is 23.5. The minimum atomic E-state index is -3.61. The fraction of sp³-hybridized carbons (Fsp3) is 0.488. The molecule has 3 saturated heterocycles. The Balaban J connectivity index is 0.942. The number of azide groups is 1. The van der Waals surface area contributed by atoms with Crippen molar-refractivity contribution < 1.29 is 69.8 Å². The molecule has 3 aliphatic rings. The number of imidazole rings is 2. The lowest BCUT2D eigenvalue weighted by Gasteiger charge is -2.26. The number of rotatable bonds is 17. The van der Waals surface area contributed by atoms with E-state index in [1.807, 2.05) is 0 Å². The molecule has 33 nitrogen and oxygen atoms in total. The molecule has 77 heavy (non-hydrogen) atoms. The Labute approximate surface area is 435 Å². The molecule has 7 heterocycles. The van der Waals surface area contributed by atoms with E-state index in [4.69, 9.17) is 55.0 Å². The van der Waals surface area contributed by atoms with Gasteiger partial charge in [-0.05, 0) is 42.0 Å². The first-order valence-corrected chi connectivity index (χ1v) is 25.9. The first-order chi connectivity index (χ1) is 37.0. The summed E-state index contributed by atoms with van der Waals surface area (Å²) in [5.74, 6) is -2.44. The van der Waals surface area contributed by atoms with Crippen LogP contribution in [-0.4, -0.2) is 144 Å². The van der Waals surface area contributed by atoms with Gasteiger partial charge in [0.15, 0.2) is 47.7 Å². The minimum absolute atomic E-state index is 0.0107. The number of carbonyl (C=O) groups is 5. The number of nitrogens with two attached hydrogens (primary N) is 3. The summed E-state index contributed by atoms with van der Waals surface area (Å²) in [6.45, 7) is 1.52. The number of nitrogens with one attached hydrogen (secondary N) is 5. The van der Waals surface area contributed by atoms with Gasteiger partial charge in [-0.15, -0.1) is 0 Å². The van der Waals surface area contributed by atoms with Gasteiger partial charge in [-0.3, -0.25) is 32.6 Å². The van der Waals surface area contributed by atoms with E-state index >= 15 is 4.39 Å². The predicted molar refractivity (Wildman–Crippen MR) is 264 cm³/mol. The Kier molecular flexibility index (Phi) is 18.0. The Morgan fingerprint density at radius 3 is 2.05 bits per heavy atom. The highest BCUT2D eigenvalue weighted by Crippen LogP contribution is 2.46. The molecule has 0 spiro atoms. The molecule has 8 rings (SSSR count). The summed E-state index contributed by atoms with van der Waals surface area (Å²) in [7, 11) is -7.19. The molecular weight excluding hydrogens is 1060 g/mol. The van der Waals surface area contributed by atoms with Crippen LogP contribution in [0.15, 0.2) is 54.7 Å². The zero-order valence-electron chi connectivity index (χ0n) is 40.7. The zero-order chi connectivity index (χ0) is 54.9. The van der Waals surface area contributed by atoms with E-state index < -0.39 is 133 Å². The molecule has 4 aromatic heterocycles. The fourth-order valence-corrected chi connectivity index (χ4v) is 10.2. The Bertz CT molecular complexity index is 3080. The number of primary amides is 1. The third-order valence-corrected chi connectivity index (χ3v) is 13.9. The Morgan fingerprint density at radius 1 is 0.844 bits per heavy atom. The number of urea groups is 1. The van der Waals surface area contributed by atoms with E-state index in [0.717, 1.165) is 12.7 Å². The van der Waals surface area contributed by atoms with Gasteiger partial charge in [-0.2, -0.15) is 0 Å². The minimum Gasteiger partial charge on any atom is -0.438 e. The third kappa shape index (κ3) is 13.3. The van der Waals surface area contributed by atoms with Crippen LogP contribution in [0.5, 0.6) is 0 Å². The summed E-state index contributed by atoms with van der Waals surface area (Å²) in [4.78, 5) is 91.5. The molecule has 0 saturated carbocycles. The van der Waals surface area contributed by atoms with E-state index in [0.29, 0.717) is 5.56 Å². The molecule has 3 fully saturated rings. The van der Waals surface area contributed by atoms with Gasteiger partial charge in [0.05, 0.1) is 25.9 Å². The van der Waals surface area contributed by atoms with Crippen molar-refractivity contribution in [1.29, 1.82) is 0 Å². The van der Waals surface area contributed by atoms with Gasteiger partial charge in [0.2, 0.25) is 17.7 Å². The highest BCUT2D eigenvalue weighted by molar-refractivity contribution is 7.33. The molecular formula is C41H52FN19O14P2. The van der Waals surface area contributed by atoms with Crippen LogP contribution in [0.2, 0.25) is 0 Å². The van der Waals surface area contributed by atoms with Gasteiger partial charge in [0.25, 0.3) is 0 Å². The number of aromatic nitrogens is 8. The van der Waals surface area contributed by atoms with E-state index in [2.05, 4.69) is 66.5 Å². The van der Waals surface area contributed by atoms with Crippen molar-refractivity contribution in [2.24, 2.45) is 16.8 Å². The van der Waals surface area contributed by atoms with Crippen LogP contribution < -0.4 is 43.8 Å². The second-order valence-corrected chi connectivity index (χ2v) is 19.7. The summed E-state index contributed by atoms with van der Waals surface area (Å²) in [6.07, 6.45) is -7.93. The number of ether oxygens (including phenoxy) is 3. The van der Waals surface area contributed by atoms with Crippen LogP contribution in [0.25, 0.3) is 32.8 Å². The molecule has 3 unspecified atom stereocenters. The van der Waals surface area contributed by atoms with E-state index in [-0.39, 0.29) is 65.6 Å². The second kappa shape index (κ2) is 25.0. The molecule has 0 aliphatic carbocycles. The lowest BCUT2D eigenvalue weighted by atomic mass is 10.0. The molecule has 0 radical (unpaired) electrons. The molecule has 3 aliphatic heterocycles. The number of anilines is 3. The summed E-state index contributed by atoms with van der Waals surface area (Å²) in [5.41, 5.74) is 27.1. The zero-order valence-corrected chi connectivity index (χ0v) is 42.7. The highest BCUT2D eigenvalue weighted by atomic mass is 31.1. The molecule has 12 atom stereocenters. The third-order valence-electron chi connectivity index (χ3n) is 12.1. The second-order valence-electron chi connectivity index (χ2n) is 17.6. The Hall–Kier alpha value is -7.67. The molecule has 6 amide bonds. The van der Waals surface area contributed by atoms with Gasteiger partial charge < -0.3 is 76.1 Å². The number of nitrogens with zero attached hydrogens (tertiary/aromatic N) is 11. The Morgan fingerprint density at radius 2 is 1.44 bits per heavy atom. The van der Waals surface area contributed by atoms with Gasteiger partial charge >= 0.3 is 28.6 Å². The van der Waals surface area contributed by atoms with Crippen LogP contribution in [-0.2, 0) is 62.4 Å². The summed E-state index contributed by atoms with van der Waals surface area (Å²) in [5, 5.41) is 16.1. The first kappa shape index (κ1) is 55.6. The number of hydrogen-bond acceptors (Lipinski definition) is 23. The van der Waals surface area contributed by atoms with Crippen LogP contribution >= 0.6 is 16.5 Å². The van der Waals surface area contributed by atoms with E-state index in [1.54, 1.807) is 26.0 Å². The fourth-order valence-electron chi connectivity index (χ4n) is 8.40. The molecule has 1 aromatic carbocycles. The van der Waals surface area contributed by atoms with Crippen LogP contribution in [0.1, 0.15) is 44.7 Å².